The minimum absolute atomic E-state index is 0.0164. The number of aromatic nitrogens is 1. The van der Waals surface area contributed by atoms with Crippen molar-refractivity contribution in [2.24, 2.45) is 4.99 Å². The topological polar surface area (TPSA) is 54.6 Å². The van der Waals surface area contributed by atoms with Crippen LogP contribution in [0.3, 0.4) is 0 Å². The van der Waals surface area contributed by atoms with Gasteiger partial charge in [-0.05, 0) is 40.6 Å². The fourth-order valence-corrected chi connectivity index (χ4v) is 4.76. The number of rotatable bonds is 3. The van der Waals surface area contributed by atoms with Crippen LogP contribution < -0.4 is 4.87 Å². The maximum Gasteiger partial charge on any atom is 0.310 e. The predicted molar refractivity (Wildman–Crippen MR) is 123 cm³/mol. The molecule has 1 aliphatic rings. The molecule has 1 aliphatic heterocycles. The summed E-state index contributed by atoms with van der Waals surface area (Å²) in [5.74, 6) is -0.0164. The van der Waals surface area contributed by atoms with E-state index in [0.717, 1.165) is 49.0 Å². The van der Waals surface area contributed by atoms with E-state index in [9.17, 15) is 9.90 Å². The van der Waals surface area contributed by atoms with Gasteiger partial charge in [0.2, 0.25) is 5.88 Å². The summed E-state index contributed by atoms with van der Waals surface area (Å²) in [5.41, 5.74) is 3.71. The lowest BCUT2D eigenvalue weighted by Gasteiger charge is -2.08. The van der Waals surface area contributed by atoms with Crippen LogP contribution in [0.2, 0.25) is 0 Å². The van der Waals surface area contributed by atoms with Gasteiger partial charge in [0.15, 0.2) is 0 Å². The molecule has 4 nitrogen and oxygen atoms in total. The summed E-state index contributed by atoms with van der Waals surface area (Å²) in [6.45, 7) is 0.321. The first-order chi connectivity index (χ1) is 14.1. The Labute approximate surface area is 179 Å². The first-order valence-electron chi connectivity index (χ1n) is 9.05. The number of benzene rings is 3. The van der Waals surface area contributed by atoms with Crippen molar-refractivity contribution in [3.8, 4) is 5.88 Å². The standard InChI is InChI=1S/C23H15BrN2O2S/c24-17-8-9-20-19(11-17)16(12-25-20)10-21-22(27)26(23(28)29-21)13-15-6-3-5-14-4-1-2-7-18(14)15/h1-12,27H,13H2/b16-10+. The average Bonchev–Trinajstić information content (AvgIpc) is 3.24. The minimum Gasteiger partial charge on any atom is -0.493 e. The molecular formula is C23H15BrN2O2S. The van der Waals surface area contributed by atoms with Gasteiger partial charge in [-0.3, -0.25) is 14.4 Å². The molecule has 0 unspecified atom stereocenters. The van der Waals surface area contributed by atoms with Crippen LogP contribution in [-0.4, -0.2) is 15.9 Å². The van der Waals surface area contributed by atoms with Gasteiger partial charge in [-0.25, -0.2) is 0 Å². The quantitative estimate of drug-likeness (QED) is 0.415. The number of nitrogens with zero attached hydrogens (tertiary/aromatic N) is 2. The Bertz CT molecular complexity index is 1380. The summed E-state index contributed by atoms with van der Waals surface area (Å²) >= 11 is 4.52. The second-order valence-corrected chi connectivity index (χ2v) is 8.71. The lowest BCUT2D eigenvalue weighted by molar-refractivity contribution is 0.421. The third kappa shape index (κ3) is 3.24. The Morgan fingerprint density at radius 1 is 1.10 bits per heavy atom. The smallest absolute Gasteiger partial charge is 0.310 e. The molecule has 0 saturated carbocycles. The number of hydrogen-bond acceptors (Lipinski definition) is 4. The molecule has 0 radical (unpaired) electrons. The Morgan fingerprint density at radius 3 is 2.83 bits per heavy atom. The van der Waals surface area contributed by atoms with Gasteiger partial charge in [0.1, 0.15) is 0 Å². The van der Waals surface area contributed by atoms with Gasteiger partial charge in [0.05, 0.1) is 17.1 Å². The van der Waals surface area contributed by atoms with Crippen molar-refractivity contribution in [1.29, 1.82) is 0 Å². The molecule has 29 heavy (non-hydrogen) atoms. The molecule has 0 spiro atoms. The molecule has 0 amide bonds. The lowest BCUT2D eigenvalue weighted by atomic mass is 10.0. The second kappa shape index (κ2) is 7.13. The van der Waals surface area contributed by atoms with Crippen molar-refractivity contribution in [3.63, 3.8) is 0 Å². The predicted octanol–water partition coefficient (Wildman–Crippen LogP) is 5.84. The van der Waals surface area contributed by atoms with Crippen LogP contribution in [0.4, 0.5) is 5.69 Å². The minimum atomic E-state index is -0.188. The number of thiazole rings is 1. The maximum absolute atomic E-state index is 12.6. The molecule has 0 saturated heterocycles. The fraction of sp³-hybridized carbons (Fsp3) is 0.0435. The van der Waals surface area contributed by atoms with Crippen molar-refractivity contribution in [2.75, 3.05) is 0 Å². The van der Waals surface area contributed by atoms with Crippen molar-refractivity contribution in [2.45, 2.75) is 6.54 Å². The number of halogens is 1. The molecule has 0 aliphatic carbocycles. The Morgan fingerprint density at radius 2 is 1.93 bits per heavy atom. The van der Waals surface area contributed by atoms with Gasteiger partial charge in [0, 0.05) is 21.8 Å². The van der Waals surface area contributed by atoms with Gasteiger partial charge < -0.3 is 5.11 Å². The van der Waals surface area contributed by atoms with Gasteiger partial charge in [-0.1, -0.05) is 69.7 Å². The third-order valence-electron chi connectivity index (χ3n) is 5.00. The molecule has 5 rings (SSSR count). The number of allylic oxidation sites excluding steroid dienone is 1. The molecule has 1 aromatic heterocycles. The first-order valence-corrected chi connectivity index (χ1v) is 10.7. The molecule has 4 aromatic rings. The van der Waals surface area contributed by atoms with E-state index in [-0.39, 0.29) is 10.8 Å². The van der Waals surface area contributed by atoms with E-state index >= 15 is 0 Å². The van der Waals surface area contributed by atoms with Crippen molar-refractivity contribution >= 4 is 61.6 Å². The highest BCUT2D eigenvalue weighted by Crippen LogP contribution is 2.36. The van der Waals surface area contributed by atoms with E-state index in [1.165, 1.54) is 4.57 Å². The zero-order chi connectivity index (χ0) is 20.0. The van der Waals surface area contributed by atoms with E-state index in [0.29, 0.717) is 11.4 Å². The highest BCUT2D eigenvalue weighted by Gasteiger charge is 2.17. The number of aliphatic imine (C=N–C) groups is 1. The van der Waals surface area contributed by atoms with Crippen molar-refractivity contribution in [3.05, 3.63) is 90.8 Å². The first kappa shape index (κ1) is 18.1. The average molecular weight is 463 g/mol. The summed E-state index contributed by atoms with van der Waals surface area (Å²) in [6, 6.07) is 19.9. The monoisotopic (exact) mass is 462 g/mol. The summed E-state index contributed by atoms with van der Waals surface area (Å²) < 4.78 is 2.38. The van der Waals surface area contributed by atoms with Crippen LogP contribution in [0.1, 0.15) is 16.0 Å². The van der Waals surface area contributed by atoms with E-state index in [4.69, 9.17) is 0 Å². The number of aromatic hydroxyl groups is 1. The van der Waals surface area contributed by atoms with Gasteiger partial charge in [-0.2, -0.15) is 0 Å². The van der Waals surface area contributed by atoms with Gasteiger partial charge in [0.25, 0.3) is 0 Å². The summed E-state index contributed by atoms with van der Waals surface area (Å²) in [5, 5.41) is 13.0. The van der Waals surface area contributed by atoms with Crippen molar-refractivity contribution < 1.29 is 5.11 Å². The molecule has 142 valence electrons. The largest absolute Gasteiger partial charge is 0.493 e. The van der Waals surface area contributed by atoms with E-state index in [2.05, 4.69) is 20.9 Å². The fourth-order valence-electron chi connectivity index (χ4n) is 3.57. The van der Waals surface area contributed by atoms with Crippen LogP contribution in [0.15, 0.2) is 74.9 Å². The summed E-state index contributed by atoms with van der Waals surface area (Å²) in [6.07, 6.45) is 3.58. The second-order valence-electron chi connectivity index (χ2n) is 6.80. The van der Waals surface area contributed by atoms with E-state index in [1.54, 1.807) is 6.21 Å². The molecule has 0 fully saturated rings. The summed E-state index contributed by atoms with van der Waals surface area (Å²) in [7, 11) is 0. The molecule has 2 heterocycles. The highest BCUT2D eigenvalue weighted by atomic mass is 79.9. The van der Waals surface area contributed by atoms with E-state index in [1.807, 2.05) is 66.7 Å². The van der Waals surface area contributed by atoms with Gasteiger partial charge >= 0.3 is 4.87 Å². The molecule has 6 heteroatoms. The van der Waals surface area contributed by atoms with Gasteiger partial charge in [-0.15, -0.1) is 0 Å². The van der Waals surface area contributed by atoms with Crippen LogP contribution >= 0.6 is 27.3 Å². The van der Waals surface area contributed by atoms with Crippen LogP contribution in [0.25, 0.3) is 22.4 Å². The van der Waals surface area contributed by atoms with E-state index < -0.39 is 0 Å². The molecule has 3 aromatic carbocycles. The van der Waals surface area contributed by atoms with Crippen molar-refractivity contribution in [1.82, 2.24) is 4.57 Å². The molecule has 1 N–H and O–H groups in total. The Hall–Kier alpha value is -2.96. The summed E-state index contributed by atoms with van der Waals surface area (Å²) in [4.78, 5) is 17.4. The molecule has 0 bridgehead atoms. The van der Waals surface area contributed by atoms with Crippen LogP contribution in [0.5, 0.6) is 5.88 Å². The number of hydrogen-bond donors (Lipinski definition) is 1. The normalized spacial score (nSPS) is 14.0. The molecular weight excluding hydrogens is 448 g/mol. The number of fused-ring (bicyclic) bond motifs is 2. The van der Waals surface area contributed by atoms with Crippen LogP contribution in [-0.2, 0) is 6.54 Å². The SMILES string of the molecule is O=c1sc(/C=C2\C=Nc3ccc(Br)cc32)c(O)n1Cc1cccc2ccccc12. The van der Waals surface area contributed by atoms with Crippen LogP contribution in [0, 0.1) is 0 Å². The molecule has 0 atom stereocenters. The zero-order valence-corrected chi connectivity index (χ0v) is 17.6. The Kier molecular flexibility index (Phi) is 4.45. The Balaban J connectivity index is 1.55. The highest BCUT2D eigenvalue weighted by molar-refractivity contribution is 9.10. The lowest BCUT2D eigenvalue weighted by Crippen LogP contribution is -2.13. The maximum atomic E-state index is 12.6. The zero-order valence-electron chi connectivity index (χ0n) is 15.2. The third-order valence-corrected chi connectivity index (χ3v) is 6.41.